The molecule has 1 aliphatic carbocycles. The van der Waals surface area contributed by atoms with Crippen molar-refractivity contribution in [2.45, 2.75) is 69.3 Å². The van der Waals surface area contributed by atoms with Gasteiger partial charge in [0.15, 0.2) is 0 Å². The second kappa shape index (κ2) is 7.92. The average Bonchev–Trinajstić information content (AvgIpc) is 3.07. The van der Waals surface area contributed by atoms with Crippen molar-refractivity contribution in [3.05, 3.63) is 0 Å². The highest BCUT2D eigenvalue weighted by Crippen LogP contribution is 2.31. The van der Waals surface area contributed by atoms with Crippen molar-refractivity contribution >= 4 is 5.91 Å². The molecule has 2 heterocycles. The summed E-state index contributed by atoms with van der Waals surface area (Å²) in [6.45, 7) is 3.12. The zero-order chi connectivity index (χ0) is 16.2. The highest BCUT2D eigenvalue weighted by molar-refractivity contribution is 5.80. The van der Waals surface area contributed by atoms with Crippen LogP contribution in [0, 0.1) is 5.92 Å². The number of hydrogen-bond acceptors (Lipinski definition) is 5. The number of nitrogens with one attached hydrogen (secondary N) is 1. The second-order valence-corrected chi connectivity index (χ2v) is 7.27. The topological polar surface area (TPSA) is 82.0 Å². The monoisotopic (exact) mass is 326 g/mol. The Morgan fingerprint density at radius 1 is 1.13 bits per heavy atom. The van der Waals surface area contributed by atoms with E-state index in [-0.39, 0.29) is 18.4 Å². The van der Waals surface area contributed by atoms with E-state index >= 15 is 0 Å². The molecule has 0 aromatic rings. The van der Waals surface area contributed by atoms with Gasteiger partial charge in [0.1, 0.15) is 0 Å². The first kappa shape index (κ1) is 17.1. The summed E-state index contributed by atoms with van der Waals surface area (Å²) >= 11 is 0. The first-order valence-corrected chi connectivity index (χ1v) is 9.15. The van der Waals surface area contributed by atoms with Gasteiger partial charge in [0.2, 0.25) is 5.91 Å². The van der Waals surface area contributed by atoms with Gasteiger partial charge in [-0.05, 0) is 32.2 Å². The van der Waals surface area contributed by atoms with Gasteiger partial charge < -0.3 is 25.2 Å². The zero-order valence-corrected chi connectivity index (χ0v) is 13.8. The number of carbonyl (C=O) groups is 1. The first-order valence-electron chi connectivity index (χ1n) is 9.15. The number of likely N-dealkylation sites (tertiary alicyclic amines) is 1. The number of piperidine rings is 1. The van der Waals surface area contributed by atoms with E-state index in [1.165, 1.54) is 12.8 Å². The van der Waals surface area contributed by atoms with Crippen molar-refractivity contribution in [2.75, 3.05) is 26.2 Å². The van der Waals surface area contributed by atoms with E-state index in [4.69, 9.17) is 4.74 Å². The minimum atomic E-state index is -0.809. The minimum Gasteiger partial charge on any atom is -0.393 e. The highest BCUT2D eigenvalue weighted by Gasteiger charge is 2.43. The molecule has 0 spiro atoms. The third-order valence-electron chi connectivity index (χ3n) is 5.46. The molecule has 0 aromatic heterocycles. The Kier molecular flexibility index (Phi) is 5.91. The van der Waals surface area contributed by atoms with Crippen LogP contribution in [-0.4, -0.2) is 71.6 Å². The molecule has 0 radical (unpaired) electrons. The Morgan fingerprint density at radius 2 is 1.91 bits per heavy atom. The van der Waals surface area contributed by atoms with Gasteiger partial charge in [-0.25, -0.2) is 0 Å². The summed E-state index contributed by atoms with van der Waals surface area (Å²) in [7, 11) is 0. The molecule has 0 aromatic carbocycles. The first-order chi connectivity index (χ1) is 11.1. The normalized spacial score (nSPS) is 38.7. The third-order valence-corrected chi connectivity index (χ3v) is 5.46. The van der Waals surface area contributed by atoms with Gasteiger partial charge in [0, 0.05) is 32.0 Å². The van der Waals surface area contributed by atoms with Crippen LogP contribution in [-0.2, 0) is 9.53 Å². The van der Waals surface area contributed by atoms with E-state index in [0.29, 0.717) is 19.1 Å². The highest BCUT2D eigenvalue weighted by atomic mass is 16.5. The van der Waals surface area contributed by atoms with Crippen LogP contribution in [0.15, 0.2) is 0 Å². The quantitative estimate of drug-likeness (QED) is 0.691. The largest absolute Gasteiger partial charge is 0.393 e. The van der Waals surface area contributed by atoms with Gasteiger partial charge in [0.25, 0.3) is 0 Å². The molecule has 0 bridgehead atoms. The van der Waals surface area contributed by atoms with Crippen molar-refractivity contribution in [2.24, 2.45) is 5.92 Å². The third kappa shape index (κ3) is 4.24. The fourth-order valence-corrected chi connectivity index (χ4v) is 4.13. The lowest BCUT2D eigenvalue weighted by Gasteiger charge is -2.39. The molecule has 132 valence electrons. The number of hydrogen-bond donors (Lipinski definition) is 3. The summed E-state index contributed by atoms with van der Waals surface area (Å²) in [6, 6.07) is 0.322. The van der Waals surface area contributed by atoms with Crippen molar-refractivity contribution < 1.29 is 19.7 Å². The lowest BCUT2D eigenvalue weighted by atomic mass is 9.81. The Labute approximate surface area is 138 Å². The van der Waals surface area contributed by atoms with Crippen LogP contribution < -0.4 is 5.32 Å². The van der Waals surface area contributed by atoms with Crippen LogP contribution in [0.1, 0.15) is 44.9 Å². The summed E-state index contributed by atoms with van der Waals surface area (Å²) in [5.74, 6) is -0.524. The van der Waals surface area contributed by atoms with E-state index in [0.717, 1.165) is 38.9 Å². The molecular weight excluding hydrogens is 296 g/mol. The molecule has 23 heavy (non-hydrogen) atoms. The van der Waals surface area contributed by atoms with Crippen molar-refractivity contribution in [1.29, 1.82) is 0 Å². The number of aliphatic hydroxyl groups is 2. The summed E-state index contributed by atoms with van der Waals surface area (Å²) < 4.78 is 6.03. The van der Waals surface area contributed by atoms with Crippen LogP contribution in [0.25, 0.3) is 0 Å². The molecule has 3 aliphatic rings. The lowest BCUT2D eigenvalue weighted by molar-refractivity contribution is -0.157. The molecule has 1 saturated carbocycles. The zero-order valence-electron chi connectivity index (χ0n) is 13.8. The number of carbonyl (C=O) groups excluding carboxylic acids is 1. The molecule has 5 atom stereocenters. The smallest absolute Gasteiger partial charge is 0.230 e. The fourth-order valence-electron chi connectivity index (χ4n) is 4.13. The van der Waals surface area contributed by atoms with Crippen LogP contribution in [0.4, 0.5) is 0 Å². The number of ether oxygens (including phenoxy) is 1. The summed E-state index contributed by atoms with van der Waals surface area (Å²) in [5, 5.41) is 23.8. The maximum atomic E-state index is 12.8. The molecule has 3 N–H and O–H groups in total. The van der Waals surface area contributed by atoms with Gasteiger partial charge in [-0.2, -0.15) is 0 Å². The van der Waals surface area contributed by atoms with E-state index in [1.807, 2.05) is 4.90 Å². The van der Waals surface area contributed by atoms with E-state index < -0.39 is 18.1 Å². The van der Waals surface area contributed by atoms with Crippen molar-refractivity contribution in [1.82, 2.24) is 10.2 Å². The summed E-state index contributed by atoms with van der Waals surface area (Å²) in [6.07, 6.45) is 4.49. The number of rotatable bonds is 4. The predicted octanol–water partition coefficient (Wildman–Crippen LogP) is 0.268. The molecule has 6 heteroatoms. The number of amides is 1. The molecule has 2 saturated heterocycles. The van der Waals surface area contributed by atoms with E-state index in [9.17, 15) is 15.0 Å². The maximum absolute atomic E-state index is 12.8. The Morgan fingerprint density at radius 3 is 2.61 bits per heavy atom. The van der Waals surface area contributed by atoms with Crippen molar-refractivity contribution in [3.8, 4) is 0 Å². The van der Waals surface area contributed by atoms with Crippen LogP contribution >= 0.6 is 0 Å². The minimum absolute atomic E-state index is 0.00324. The Bertz CT molecular complexity index is 394. The standard InChI is InChI=1S/C17H30N2O4/c20-13-9-14(21)16(17(22)19-7-3-4-8-19)15(10-13)23-11-12-5-1-2-6-18-12/h12-16,18,20-21H,1-11H2. The summed E-state index contributed by atoms with van der Waals surface area (Å²) in [5.41, 5.74) is 0. The van der Waals surface area contributed by atoms with E-state index in [1.54, 1.807) is 0 Å². The Hall–Kier alpha value is -0.690. The van der Waals surface area contributed by atoms with Crippen LogP contribution in [0.5, 0.6) is 0 Å². The van der Waals surface area contributed by atoms with E-state index in [2.05, 4.69) is 5.32 Å². The summed E-state index contributed by atoms with van der Waals surface area (Å²) in [4.78, 5) is 14.6. The molecule has 5 unspecified atom stereocenters. The van der Waals surface area contributed by atoms with Gasteiger partial charge in [-0.3, -0.25) is 4.79 Å². The average molecular weight is 326 g/mol. The lowest BCUT2D eigenvalue weighted by Crippen LogP contribution is -2.52. The molecule has 6 nitrogen and oxygen atoms in total. The van der Waals surface area contributed by atoms with Gasteiger partial charge in [-0.1, -0.05) is 6.42 Å². The van der Waals surface area contributed by atoms with Crippen LogP contribution in [0.3, 0.4) is 0 Å². The van der Waals surface area contributed by atoms with Crippen LogP contribution in [0.2, 0.25) is 0 Å². The molecule has 1 amide bonds. The van der Waals surface area contributed by atoms with Gasteiger partial charge in [-0.15, -0.1) is 0 Å². The Balaban J connectivity index is 1.61. The molecule has 3 fully saturated rings. The molecule has 2 aliphatic heterocycles. The fraction of sp³-hybridized carbons (Fsp3) is 0.941. The van der Waals surface area contributed by atoms with Gasteiger partial charge >= 0.3 is 0 Å². The van der Waals surface area contributed by atoms with Crippen molar-refractivity contribution in [3.63, 3.8) is 0 Å². The number of aliphatic hydroxyl groups excluding tert-OH is 2. The van der Waals surface area contributed by atoms with Gasteiger partial charge in [0.05, 0.1) is 30.8 Å². The maximum Gasteiger partial charge on any atom is 0.230 e. The predicted molar refractivity (Wildman–Crippen MR) is 85.9 cm³/mol. The molecular formula is C17H30N2O4. The number of nitrogens with zero attached hydrogens (tertiary/aromatic N) is 1. The SMILES string of the molecule is O=C(C1C(O)CC(O)CC1OCC1CCCCN1)N1CCCC1. The second-order valence-electron chi connectivity index (χ2n) is 7.27. The molecule has 3 rings (SSSR count).